The third kappa shape index (κ3) is 4.52. The third-order valence-electron chi connectivity index (χ3n) is 3.65. The molecular formula is C14H25N5O. The van der Waals surface area contributed by atoms with Crippen molar-refractivity contribution in [2.75, 3.05) is 33.2 Å². The molecule has 6 heteroatoms. The lowest BCUT2D eigenvalue weighted by Gasteiger charge is -2.18. The van der Waals surface area contributed by atoms with Gasteiger partial charge in [-0.3, -0.25) is 4.68 Å². The van der Waals surface area contributed by atoms with Crippen LogP contribution in [-0.4, -0.2) is 58.8 Å². The van der Waals surface area contributed by atoms with E-state index in [1.807, 2.05) is 20.3 Å². The van der Waals surface area contributed by atoms with Crippen LogP contribution in [-0.2, 0) is 13.6 Å². The van der Waals surface area contributed by atoms with E-state index in [-0.39, 0.29) is 6.03 Å². The Kier molecular flexibility index (Phi) is 5.40. The van der Waals surface area contributed by atoms with Gasteiger partial charge in [0.2, 0.25) is 0 Å². The minimum atomic E-state index is -0.0183. The lowest BCUT2D eigenvalue weighted by atomic mass is 10.3. The molecule has 0 bridgehead atoms. The summed E-state index contributed by atoms with van der Waals surface area (Å²) < 4.78 is 1.75. The molecule has 1 aromatic rings. The maximum atomic E-state index is 11.9. The molecule has 2 heterocycles. The fourth-order valence-corrected chi connectivity index (χ4v) is 2.54. The lowest BCUT2D eigenvalue weighted by Crippen LogP contribution is -2.38. The largest absolute Gasteiger partial charge is 0.338 e. The Morgan fingerprint density at radius 3 is 2.85 bits per heavy atom. The van der Waals surface area contributed by atoms with Crippen LogP contribution in [0.4, 0.5) is 4.79 Å². The lowest BCUT2D eigenvalue weighted by molar-refractivity contribution is 0.206. The molecule has 0 aliphatic carbocycles. The Labute approximate surface area is 120 Å². The zero-order chi connectivity index (χ0) is 14.4. The zero-order valence-corrected chi connectivity index (χ0v) is 12.5. The number of hydrogen-bond donors (Lipinski definition) is 1. The summed E-state index contributed by atoms with van der Waals surface area (Å²) in [5, 5.41) is 7.07. The van der Waals surface area contributed by atoms with E-state index in [4.69, 9.17) is 0 Å². The molecule has 2 rings (SSSR count). The van der Waals surface area contributed by atoms with Crippen LogP contribution in [0, 0.1) is 0 Å². The molecule has 1 N–H and O–H groups in total. The predicted molar refractivity (Wildman–Crippen MR) is 78.4 cm³/mol. The second-order valence-corrected chi connectivity index (χ2v) is 5.51. The third-order valence-corrected chi connectivity index (χ3v) is 3.65. The molecule has 0 aromatic carbocycles. The van der Waals surface area contributed by atoms with E-state index < -0.39 is 0 Å². The number of nitrogens with zero attached hydrogens (tertiary/aromatic N) is 4. The van der Waals surface area contributed by atoms with Gasteiger partial charge in [-0.1, -0.05) is 0 Å². The summed E-state index contributed by atoms with van der Waals surface area (Å²) in [6, 6.07) is -0.0183. The van der Waals surface area contributed by atoms with E-state index in [2.05, 4.69) is 15.3 Å². The van der Waals surface area contributed by atoms with Crippen molar-refractivity contribution in [3.8, 4) is 0 Å². The van der Waals surface area contributed by atoms with Gasteiger partial charge in [0, 0.05) is 32.4 Å². The number of carbonyl (C=O) groups is 1. The quantitative estimate of drug-likeness (QED) is 0.792. The van der Waals surface area contributed by atoms with Gasteiger partial charge in [0.1, 0.15) is 0 Å². The second-order valence-electron chi connectivity index (χ2n) is 5.51. The van der Waals surface area contributed by atoms with Crippen LogP contribution in [0.5, 0.6) is 0 Å². The fraction of sp³-hybridized carbons (Fsp3) is 0.714. The normalized spacial score (nSPS) is 15.5. The van der Waals surface area contributed by atoms with Crippen molar-refractivity contribution in [2.45, 2.75) is 25.8 Å². The average molecular weight is 279 g/mol. The van der Waals surface area contributed by atoms with Crippen LogP contribution in [0.1, 0.15) is 24.8 Å². The minimum absolute atomic E-state index is 0.0183. The molecular weight excluding hydrogens is 254 g/mol. The van der Waals surface area contributed by atoms with Gasteiger partial charge in [-0.25, -0.2) is 4.79 Å². The number of aryl methyl sites for hydroxylation is 1. The van der Waals surface area contributed by atoms with Gasteiger partial charge in [-0.15, -0.1) is 0 Å². The van der Waals surface area contributed by atoms with E-state index in [1.54, 1.807) is 15.8 Å². The highest BCUT2D eigenvalue weighted by molar-refractivity contribution is 5.73. The van der Waals surface area contributed by atoms with Crippen molar-refractivity contribution < 1.29 is 4.79 Å². The van der Waals surface area contributed by atoms with E-state index in [0.29, 0.717) is 6.54 Å². The number of hydrogen-bond acceptors (Lipinski definition) is 3. The van der Waals surface area contributed by atoms with Crippen LogP contribution in [0.2, 0.25) is 0 Å². The van der Waals surface area contributed by atoms with Crippen molar-refractivity contribution in [3.05, 3.63) is 18.0 Å². The van der Waals surface area contributed by atoms with E-state index in [9.17, 15) is 4.79 Å². The van der Waals surface area contributed by atoms with Crippen LogP contribution < -0.4 is 5.32 Å². The summed E-state index contributed by atoms with van der Waals surface area (Å²) in [5.41, 5.74) is 1.04. The molecule has 112 valence electrons. The average Bonchev–Trinajstić information content (AvgIpc) is 3.06. The van der Waals surface area contributed by atoms with Gasteiger partial charge in [0.15, 0.2) is 0 Å². The summed E-state index contributed by atoms with van der Waals surface area (Å²) in [6.45, 7) is 4.86. The molecule has 0 saturated carbocycles. The fourth-order valence-electron chi connectivity index (χ4n) is 2.54. The Hall–Kier alpha value is -1.56. The van der Waals surface area contributed by atoms with Crippen molar-refractivity contribution >= 4 is 6.03 Å². The van der Waals surface area contributed by atoms with Crippen molar-refractivity contribution in [1.29, 1.82) is 0 Å². The standard InChI is InChI=1S/C14H25N5O/c1-17(11-13-10-16-18(2)12-13)14(20)15-6-5-9-19-7-3-4-8-19/h10,12H,3-9,11H2,1-2H3,(H,15,20). The Bertz CT molecular complexity index is 425. The Morgan fingerprint density at radius 2 is 2.20 bits per heavy atom. The van der Waals surface area contributed by atoms with Crippen molar-refractivity contribution in [3.63, 3.8) is 0 Å². The first-order valence-corrected chi connectivity index (χ1v) is 7.34. The smallest absolute Gasteiger partial charge is 0.317 e. The van der Waals surface area contributed by atoms with Crippen molar-refractivity contribution in [1.82, 2.24) is 24.9 Å². The van der Waals surface area contributed by atoms with Crippen molar-refractivity contribution in [2.24, 2.45) is 7.05 Å². The number of likely N-dealkylation sites (tertiary alicyclic amines) is 1. The number of carbonyl (C=O) groups excluding carboxylic acids is 1. The number of urea groups is 1. The monoisotopic (exact) mass is 279 g/mol. The molecule has 6 nitrogen and oxygen atoms in total. The summed E-state index contributed by atoms with van der Waals surface area (Å²) in [5.74, 6) is 0. The summed E-state index contributed by atoms with van der Waals surface area (Å²) >= 11 is 0. The summed E-state index contributed by atoms with van der Waals surface area (Å²) in [7, 11) is 3.69. The first-order valence-electron chi connectivity index (χ1n) is 7.34. The molecule has 1 fully saturated rings. The van der Waals surface area contributed by atoms with Gasteiger partial charge < -0.3 is 15.1 Å². The summed E-state index contributed by atoms with van der Waals surface area (Å²) in [4.78, 5) is 16.1. The van der Waals surface area contributed by atoms with E-state index in [0.717, 1.165) is 25.1 Å². The highest BCUT2D eigenvalue weighted by atomic mass is 16.2. The molecule has 1 aliphatic rings. The molecule has 0 spiro atoms. The zero-order valence-electron chi connectivity index (χ0n) is 12.5. The number of nitrogens with one attached hydrogen (secondary N) is 1. The van der Waals surface area contributed by atoms with Crippen LogP contribution in [0.15, 0.2) is 12.4 Å². The van der Waals surface area contributed by atoms with Gasteiger partial charge >= 0.3 is 6.03 Å². The highest BCUT2D eigenvalue weighted by Gasteiger charge is 2.12. The predicted octanol–water partition coefficient (Wildman–Crippen LogP) is 1.05. The molecule has 0 radical (unpaired) electrons. The molecule has 20 heavy (non-hydrogen) atoms. The SMILES string of the molecule is CN(Cc1cnn(C)c1)C(=O)NCCCN1CCCC1. The van der Waals surface area contributed by atoms with Gasteiger partial charge in [-0.05, 0) is 38.9 Å². The maximum absolute atomic E-state index is 11.9. The molecule has 0 atom stereocenters. The maximum Gasteiger partial charge on any atom is 0.317 e. The molecule has 1 aliphatic heterocycles. The Balaban J connectivity index is 1.61. The second kappa shape index (κ2) is 7.28. The first kappa shape index (κ1) is 14.8. The minimum Gasteiger partial charge on any atom is -0.338 e. The molecule has 2 amide bonds. The molecule has 0 unspecified atom stereocenters. The van der Waals surface area contributed by atoms with Gasteiger partial charge in [0.05, 0.1) is 12.7 Å². The van der Waals surface area contributed by atoms with Gasteiger partial charge in [0.25, 0.3) is 0 Å². The van der Waals surface area contributed by atoms with Crippen LogP contribution in [0.3, 0.4) is 0 Å². The highest BCUT2D eigenvalue weighted by Crippen LogP contribution is 2.07. The van der Waals surface area contributed by atoms with E-state index >= 15 is 0 Å². The van der Waals surface area contributed by atoms with Crippen LogP contribution >= 0.6 is 0 Å². The summed E-state index contributed by atoms with van der Waals surface area (Å²) in [6.07, 6.45) is 7.38. The topological polar surface area (TPSA) is 53.4 Å². The number of aromatic nitrogens is 2. The number of amides is 2. The van der Waals surface area contributed by atoms with E-state index in [1.165, 1.54) is 25.9 Å². The Morgan fingerprint density at radius 1 is 1.45 bits per heavy atom. The molecule has 1 saturated heterocycles. The van der Waals surface area contributed by atoms with Crippen LogP contribution in [0.25, 0.3) is 0 Å². The number of rotatable bonds is 6. The first-order chi connectivity index (χ1) is 9.65. The molecule has 1 aromatic heterocycles. The van der Waals surface area contributed by atoms with Gasteiger partial charge in [-0.2, -0.15) is 5.10 Å².